The van der Waals surface area contributed by atoms with E-state index in [-0.39, 0.29) is 41.3 Å². The zero-order chi connectivity index (χ0) is 20.5. The van der Waals surface area contributed by atoms with E-state index in [4.69, 9.17) is 9.72 Å². The first-order valence-corrected chi connectivity index (χ1v) is 10.5. The predicted molar refractivity (Wildman–Crippen MR) is 107 cm³/mol. The molecule has 0 aromatic carbocycles. The van der Waals surface area contributed by atoms with Crippen molar-refractivity contribution in [3.63, 3.8) is 0 Å². The number of carbonyl (C=O) groups excluding carboxylic acids is 2. The zero-order valence-corrected chi connectivity index (χ0v) is 16.5. The lowest BCUT2D eigenvalue weighted by molar-refractivity contribution is -0.119. The van der Waals surface area contributed by atoms with Gasteiger partial charge in [0.25, 0.3) is 0 Å². The van der Waals surface area contributed by atoms with E-state index in [0.29, 0.717) is 25.7 Å². The number of fused-ring (bicyclic) bond motifs is 3. The molecule has 156 valence electrons. The molecule has 5 atom stereocenters. The molecule has 1 aromatic rings. The Morgan fingerprint density at radius 3 is 3.07 bits per heavy atom. The Hall–Kier alpha value is -2.94. The largest absolute Gasteiger partial charge is 0.384 e. The van der Waals surface area contributed by atoms with Crippen molar-refractivity contribution in [1.82, 2.24) is 25.9 Å². The molecule has 4 heterocycles. The standard InChI is InChI=1S/C21H24N6O3/c1-2-14(28)24-12-8-30-9-13(12)26-20-23-7-10-3-5-21-15-11(4-6-22-19(15)29)25-18(21)16(21)17(10)27-20/h2,7,12-13,16,18,25H,1,3-6,8-9H2,(H,22,29)(H,24,28)(H,23,26,27). The van der Waals surface area contributed by atoms with Crippen molar-refractivity contribution in [1.29, 1.82) is 0 Å². The van der Waals surface area contributed by atoms with Crippen LogP contribution >= 0.6 is 0 Å². The van der Waals surface area contributed by atoms with Gasteiger partial charge in [0, 0.05) is 47.8 Å². The van der Waals surface area contributed by atoms with Gasteiger partial charge in [-0.15, -0.1) is 0 Å². The second-order valence-electron chi connectivity index (χ2n) is 8.71. The highest BCUT2D eigenvalue weighted by atomic mass is 16.5. The van der Waals surface area contributed by atoms with Gasteiger partial charge in [-0.05, 0) is 24.5 Å². The Kier molecular flexibility index (Phi) is 3.74. The Morgan fingerprint density at radius 2 is 2.20 bits per heavy atom. The average Bonchev–Trinajstić information content (AvgIpc) is 3.02. The minimum Gasteiger partial charge on any atom is -0.384 e. The predicted octanol–water partition coefficient (Wildman–Crippen LogP) is -0.266. The highest BCUT2D eigenvalue weighted by Gasteiger charge is 2.74. The van der Waals surface area contributed by atoms with Gasteiger partial charge in [0.05, 0.1) is 31.0 Å². The van der Waals surface area contributed by atoms with Crippen LogP contribution in [0, 0.1) is 5.41 Å². The van der Waals surface area contributed by atoms with Crippen LogP contribution in [0.15, 0.2) is 30.1 Å². The number of aryl methyl sites for hydroxylation is 1. The molecule has 0 bridgehead atoms. The summed E-state index contributed by atoms with van der Waals surface area (Å²) in [4.78, 5) is 33.7. The maximum absolute atomic E-state index is 12.6. The zero-order valence-electron chi connectivity index (χ0n) is 16.5. The number of rotatable bonds is 4. The van der Waals surface area contributed by atoms with Crippen LogP contribution in [0.4, 0.5) is 5.95 Å². The van der Waals surface area contributed by atoms with E-state index in [1.165, 1.54) is 6.08 Å². The fraction of sp³-hybridized carbons (Fsp3) is 0.524. The lowest BCUT2D eigenvalue weighted by Gasteiger charge is -2.28. The molecule has 6 rings (SSSR count). The Morgan fingerprint density at radius 1 is 1.33 bits per heavy atom. The summed E-state index contributed by atoms with van der Waals surface area (Å²) in [7, 11) is 0. The molecule has 1 aromatic heterocycles. The number of anilines is 1. The second-order valence-corrected chi connectivity index (χ2v) is 8.71. The normalized spacial score (nSPS) is 35.3. The third-order valence-corrected chi connectivity index (χ3v) is 7.23. The van der Waals surface area contributed by atoms with E-state index in [1.807, 2.05) is 6.20 Å². The quantitative estimate of drug-likeness (QED) is 0.507. The number of aromatic nitrogens is 2. The van der Waals surface area contributed by atoms with Gasteiger partial charge in [-0.2, -0.15) is 0 Å². The van der Waals surface area contributed by atoms with Gasteiger partial charge < -0.3 is 26.0 Å². The van der Waals surface area contributed by atoms with Gasteiger partial charge in [0.15, 0.2) is 0 Å². The first-order chi connectivity index (χ1) is 14.6. The second kappa shape index (κ2) is 6.28. The van der Waals surface area contributed by atoms with Gasteiger partial charge >= 0.3 is 0 Å². The van der Waals surface area contributed by atoms with Crippen molar-refractivity contribution < 1.29 is 14.3 Å². The summed E-state index contributed by atoms with van der Waals surface area (Å²) in [6.07, 6.45) is 5.87. The van der Waals surface area contributed by atoms with E-state index in [9.17, 15) is 9.59 Å². The SMILES string of the molecule is C=CC(=O)NC1COCC1Nc1ncc2c(n1)C1C3NC4=C(C(=O)NCC4)C31CC2. The van der Waals surface area contributed by atoms with Gasteiger partial charge in [0.2, 0.25) is 17.8 Å². The molecule has 9 nitrogen and oxygen atoms in total. The molecule has 9 heteroatoms. The lowest BCUT2D eigenvalue weighted by atomic mass is 9.79. The van der Waals surface area contributed by atoms with Crippen molar-refractivity contribution in [3.05, 3.63) is 41.4 Å². The molecule has 2 amide bonds. The van der Waals surface area contributed by atoms with Crippen molar-refractivity contribution in [3.8, 4) is 0 Å². The first-order valence-electron chi connectivity index (χ1n) is 10.5. The smallest absolute Gasteiger partial charge is 0.249 e. The maximum Gasteiger partial charge on any atom is 0.249 e. The number of ether oxygens (including phenoxy) is 1. The third-order valence-electron chi connectivity index (χ3n) is 7.23. The summed E-state index contributed by atoms with van der Waals surface area (Å²) in [5.41, 5.74) is 4.16. The Labute approximate surface area is 173 Å². The third kappa shape index (κ3) is 2.38. The van der Waals surface area contributed by atoms with E-state index in [1.54, 1.807) is 0 Å². The number of nitrogens with one attached hydrogen (secondary N) is 4. The monoisotopic (exact) mass is 408 g/mol. The van der Waals surface area contributed by atoms with Gasteiger partial charge in [0.1, 0.15) is 0 Å². The van der Waals surface area contributed by atoms with Crippen LogP contribution in [-0.4, -0.2) is 59.7 Å². The van der Waals surface area contributed by atoms with Crippen molar-refractivity contribution >= 4 is 17.8 Å². The van der Waals surface area contributed by atoms with Crippen molar-refractivity contribution in [2.24, 2.45) is 5.41 Å². The lowest BCUT2D eigenvalue weighted by Crippen LogP contribution is -2.45. The summed E-state index contributed by atoms with van der Waals surface area (Å²) in [6, 6.07) is -0.0216. The number of nitrogens with zero attached hydrogens (tertiary/aromatic N) is 2. The summed E-state index contributed by atoms with van der Waals surface area (Å²) in [5, 5.41) is 12.8. The molecule has 4 N–H and O–H groups in total. The van der Waals surface area contributed by atoms with Crippen LogP contribution in [0.5, 0.6) is 0 Å². The Bertz CT molecular complexity index is 1010. The highest BCUT2D eigenvalue weighted by Crippen LogP contribution is 2.71. The molecule has 2 fully saturated rings. The van der Waals surface area contributed by atoms with Crippen LogP contribution in [0.2, 0.25) is 0 Å². The van der Waals surface area contributed by atoms with Crippen LogP contribution < -0.4 is 21.3 Å². The Balaban J connectivity index is 1.26. The van der Waals surface area contributed by atoms with E-state index < -0.39 is 0 Å². The minimum absolute atomic E-state index is 0.0773. The molecular weight excluding hydrogens is 384 g/mol. The molecule has 1 saturated heterocycles. The first kappa shape index (κ1) is 17.9. The molecule has 1 spiro atoms. The molecule has 0 radical (unpaired) electrons. The van der Waals surface area contributed by atoms with Gasteiger partial charge in [-0.25, -0.2) is 9.97 Å². The van der Waals surface area contributed by atoms with Gasteiger partial charge in [-0.1, -0.05) is 6.58 Å². The number of hydrogen-bond acceptors (Lipinski definition) is 7. The van der Waals surface area contributed by atoms with Crippen LogP contribution in [0.1, 0.15) is 30.0 Å². The summed E-state index contributed by atoms with van der Waals surface area (Å²) < 4.78 is 5.53. The molecular formula is C21H24N6O3. The topological polar surface area (TPSA) is 117 Å². The summed E-state index contributed by atoms with van der Waals surface area (Å²) >= 11 is 0. The summed E-state index contributed by atoms with van der Waals surface area (Å²) in [5.74, 6) is 0.598. The van der Waals surface area contributed by atoms with Gasteiger partial charge in [-0.3, -0.25) is 9.59 Å². The van der Waals surface area contributed by atoms with Crippen LogP contribution in [0.3, 0.4) is 0 Å². The highest BCUT2D eigenvalue weighted by molar-refractivity contribution is 5.99. The molecule has 3 aliphatic heterocycles. The number of amides is 2. The van der Waals surface area contributed by atoms with E-state index >= 15 is 0 Å². The van der Waals surface area contributed by atoms with E-state index in [2.05, 4.69) is 32.8 Å². The molecule has 2 aliphatic carbocycles. The molecule has 1 saturated carbocycles. The minimum atomic E-state index is -0.225. The summed E-state index contributed by atoms with van der Waals surface area (Å²) in [6.45, 7) is 5.11. The average molecular weight is 408 g/mol. The fourth-order valence-electron chi connectivity index (χ4n) is 5.82. The van der Waals surface area contributed by atoms with Crippen molar-refractivity contribution in [2.45, 2.75) is 43.3 Å². The van der Waals surface area contributed by atoms with Crippen molar-refractivity contribution in [2.75, 3.05) is 25.1 Å². The fourth-order valence-corrected chi connectivity index (χ4v) is 5.82. The van der Waals surface area contributed by atoms with Crippen LogP contribution in [-0.2, 0) is 20.7 Å². The number of carbonyl (C=O) groups is 2. The molecule has 5 unspecified atom stereocenters. The van der Waals surface area contributed by atoms with Crippen LogP contribution in [0.25, 0.3) is 0 Å². The molecule has 5 aliphatic rings. The maximum atomic E-state index is 12.6. The van der Waals surface area contributed by atoms with E-state index in [0.717, 1.165) is 41.8 Å². The molecule has 30 heavy (non-hydrogen) atoms. The number of hydrogen-bond donors (Lipinski definition) is 4.